The summed E-state index contributed by atoms with van der Waals surface area (Å²) in [5, 5.41) is 52.6. The van der Waals surface area contributed by atoms with E-state index < -0.39 is 18.1 Å². The number of rotatable bonds is 1. The van der Waals surface area contributed by atoms with Crippen molar-refractivity contribution < 1.29 is 30.6 Å². The van der Waals surface area contributed by atoms with Crippen molar-refractivity contribution in [2.24, 2.45) is 0 Å². The fraction of sp³-hybridized carbons (Fsp3) is 1.00. The summed E-state index contributed by atoms with van der Waals surface area (Å²) in [6.45, 7) is -0.238. The van der Waals surface area contributed by atoms with Gasteiger partial charge in [-0.15, -0.1) is 0 Å². The zero-order valence-electron chi connectivity index (χ0n) is 6.12. The lowest BCUT2D eigenvalue weighted by Gasteiger charge is -2.30. The molecule has 1 fully saturated rings. The van der Waals surface area contributed by atoms with Crippen molar-refractivity contribution in [1.29, 1.82) is 0 Å². The van der Waals surface area contributed by atoms with Crippen molar-refractivity contribution in [3.8, 4) is 0 Å². The van der Waals surface area contributed by atoms with Crippen LogP contribution in [0.3, 0.4) is 0 Å². The molecule has 0 radical (unpaired) electrons. The molecule has 1 unspecified atom stereocenters. The molecule has 0 saturated carbocycles. The van der Waals surface area contributed by atoms with Gasteiger partial charge in [-0.3, -0.25) is 0 Å². The maximum Gasteiger partial charge on any atom is 0.348 e. The van der Waals surface area contributed by atoms with Gasteiger partial charge in [0.2, 0.25) is 5.79 Å². The summed E-state index contributed by atoms with van der Waals surface area (Å²) in [4.78, 5) is 0.340. The zero-order valence-corrected chi connectivity index (χ0v) is 6.12. The first-order valence-corrected chi connectivity index (χ1v) is 3.32. The lowest BCUT2D eigenvalue weighted by atomic mass is 10.2. The van der Waals surface area contributed by atoms with Gasteiger partial charge in [0.05, 0.1) is 0 Å². The van der Waals surface area contributed by atoms with E-state index in [4.69, 9.17) is 30.6 Å². The van der Waals surface area contributed by atoms with Gasteiger partial charge in [0, 0.05) is 13.0 Å². The number of aliphatic hydroxyl groups excluding tert-OH is 1. The van der Waals surface area contributed by atoms with E-state index in [0.717, 1.165) is 0 Å². The van der Waals surface area contributed by atoms with Crippen LogP contribution in [0.5, 0.6) is 0 Å². The van der Waals surface area contributed by atoms with Crippen LogP contribution in [-0.4, -0.2) is 60.2 Å². The Morgan fingerprint density at radius 1 is 1.25 bits per heavy atom. The van der Waals surface area contributed by atoms with E-state index in [1.54, 1.807) is 0 Å². The van der Waals surface area contributed by atoms with Crippen LogP contribution in [0.1, 0.15) is 6.42 Å². The van der Waals surface area contributed by atoms with Gasteiger partial charge >= 0.3 is 6.10 Å². The molecule has 7 nitrogen and oxygen atoms in total. The molecular weight excluding hydrogens is 170 g/mol. The average molecular weight is 181 g/mol. The Morgan fingerprint density at radius 2 is 1.75 bits per heavy atom. The van der Waals surface area contributed by atoms with Gasteiger partial charge in [0.25, 0.3) is 0 Å². The van der Waals surface area contributed by atoms with Crippen LogP contribution < -0.4 is 0 Å². The van der Waals surface area contributed by atoms with Gasteiger partial charge in [-0.2, -0.15) is 4.90 Å². The number of nitrogens with zero attached hydrogens (tertiary/aromatic N) is 1. The Bertz CT molecular complexity index is 175. The highest BCUT2D eigenvalue weighted by Crippen LogP contribution is 2.27. The largest absolute Gasteiger partial charge is 0.373 e. The molecule has 0 amide bonds. The molecular formula is C5H11NO6. The lowest BCUT2D eigenvalue weighted by molar-refractivity contribution is -0.418. The van der Waals surface area contributed by atoms with Crippen LogP contribution in [0.15, 0.2) is 0 Å². The normalized spacial score (nSPS) is 31.0. The van der Waals surface area contributed by atoms with E-state index in [-0.39, 0.29) is 13.0 Å². The molecule has 7 heteroatoms. The van der Waals surface area contributed by atoms with Gasteiger partial charge in [-0.25, -0.2) is 0 Å². The van der Waals surface area contributed by atoms with Gasteiger partial charge < -0.3 is 30.6 Å². The molecule has 12 heavy (non-hydrogen) atoms. The van der Waals surface area contributed by atoms with Crippen LogP contribution in [0.4, 0.5) is 0 Å². The zero-order chi connectivity index (χ0) is 9.57. The Labute approximate surface area is 67.7 Å². The molecule has 1 aliphatic heterocycles. The third-order valence-electron chi connectivity index (χ3n) is 1.81. The van der Waals surface area contributed by atoms with Gasteiger partial charge in [0.1, 0.15) is 0 Å². The molecule has 6 N–H and O–H groups in total. The fourth-order valence-electron chi connectivity index (χ4n) is 1.10. The van der Waals surface area contributed by atoms with Crippen LogP contribution in [0.25, 0.3) is 0 Å². The SMILES string of the molecule is OC1N(C(O)(O)O)CCC1(O)O. The van der Waals surface area contributed by atoms with Crippen molar-refractivity contribution in [1.82, 2.24) is 4.90 Å². The third-order valence-corrected chi connectivity index (χ3v) is 1.81. The molecule has 72 valence electrons. The maximum atomic E-state index is 9.00. The molecule has 0 aromatic heterocycles. The maximum absolute atomic E-state index is 9.00. The number of aliphatic hydroxyl groups is 6. The second kappa shape index (κ2) is 2.60. The smallest absolute Gasteiger partial charge is 0.348 e. The first-order chi connectivity index (χ1) is 5.25. The fourth-order valence-corrected chi connectivity index (χ4v) is 1.10. The number of hydrogen-bond acceptors (Lipinski definition) is 7. The number of likely N-dealkylation sites (tertiary alicyclic amines) is 1. The van der Waals surface area contributed by atoms with Crippen LogP contribution >= 0.6 is 0 Å². The first-order valence-electron chi connectivity index (χ1n) is 3.32. The van der Waals surface area contributed by atoms with Gasteiger partial charge in [-0.05, 0) is 0 Å². The van der Waals surface area contributed by atoms with E-state index in [1.165, 1.54) is 0 Å². The highest BCUT2D eigenvalue weighted by molar-refractivity contribution is 4.85. The van der Waals surface area contributed by atoms with E-state index in [0.29, 0.717) is 4.90 Å². The molecule has 1 atom stereocenters. The average Bonchev–Trinajstić information content (AvgIpc) is 2.06. The van der Waals surface area contributed by atoms with Gasteiger partial charge in [0.15, 0.2) is 6.23 Å². The molecule has 0 bridgehead atoms. The minimum Gasteiger partial charge on any atom is -0.373 e. The van der Waals surface area contributed by atoms with Crippen molar-refractivity contribution >= 4 is 0 Å². The number of hydrogen-bond donors (Lipinski definition) is 6. The Kier molecular flexibility index (Phi) is 2.13. The predicted octanol–water partition coefficient (Wildman–Crippen LogP) is -3.72. The minimum absolute atomic E-state index is 0.238. The molecule has 0 aromatic carbocycles. The molecule has 0 aromatic rings. The highest BCUT2D eigenvalue weighted by Gasteiger charge is 2.51. The van der Waals surface area contributed by atoms with Crippen molar-refractivity contribution in [3.63, 3.8) is 0 Å². The van der Waals surface area contributed by atoms with Crippen molar-refractivity contribution in [2.45, 2.75) is 24.5 Å². The van der Waals surface area contributed by atoms with E-state index >= 15 is 0 Å². The molecule has 1 saturated heterocycles. The predicted molar refractivity (Wildman–Crippen MR) is 33.9 cm³/mol. The van der Waals surface area contributed by atoms with E-state index in [1.807, 2.05) is 0 Å². The van der Waals surface area contributed by atoms with E-state index in [2.05, 4.69) is 0 Å². The van der Waals surface area contributed by atoms with Crippen molar-refractivity contribution in [3.05, 3.63) is 0 Å². The van der Waals surface area contributed by atoms with Gasteiger partial charge in [-0.1, -0.05) is 0 Å². The topological polar surface area (TPSA) is 125 Å². The third kappa shape index (κ3) is 1.57. The summed E-state index contributed by atoms with van der Waals surface area (Å²) in [7, 11) is 0. The Hall–Kier alpha value is -0.280. The van der Waals surface area contributed by atoms with Crippen LogP contribution in [-0.2, 0) is 0 Å². The van der Waals surface area contributed by atoms with Crippen molar-refractivity contribution in [2.75, 3.05) is 6.54 Å². The summed E-state index contributed by atoms with van der Waals surface area (Å²) in [5.41, 5.74) is 0. The molecule has 1 rings (SSSR count). The summed E-state index contributed by atoms with van der Waals surface area (Å²) in [6, 6.07) is 0. The van der Waals surface area contributed by atoms with Crippen LogP contribution in [0.2, 0.25) is 0 Å². The first kappa shape index (κ1) is 9.81. The quantitative estimate of drug-likeness (QED) is 0.230. The second-order valence-electron chi connectivity index (χ2n) is 2.80. The standard InChI is InChI=1S/C5H11NO6/c7-3-4(8,9)1-2-6(3)5(10,11)12/h3,7-12H,1-2H2. The molecule has 0 aliphatic carbocycles. The highest BCUT2D eigenvalue weighted by atomic mass is 16.7. The summed E-state index contributed by atoms with van der Waals surface area (Å²) >= 11 is 0. The Morgan fingerprint density at radius 3 is 1.92 bits per heavy atom. The van der Waals surface area contributed by atoms with Crippen LogP contribution in [0, 0.1) is 0 Å². The lowest BCUT2D eigenvalue weighted by Crippen LogP contribution is -2.55. The summed E-state index contributed by atoms with van der Waals surface area (Å²) < 4.78 is 0. The second-order valence-corrected chi connectivity index (χ2v) is 2.80. The summed E-state index contributed by atoms with van der Waals surface area (Å²) in [5.74, 6) is -2.42. The minimum atomic E-state index is -3.23. The molecule has 1 aliphatic rings. The summed E-state index contributed by atoms with van der Waals surface area (Å²) in [6.07, 6.45) is -5.43. The van der Waals surface area contributed by atoms with E-state index in [9.17, 15) is 0 Å². The Balaban J connectivity index is 2.74. The monoisotopic (exact) mass is 181 g/mol. The molecule has 1 heterocycles. The molecule has 0 spiro atoms.